The van der Waals surface area contributed by atoms with E-state index in [9.17, 15) is 9.90 Å². The van der Waals surface area contributed by atoms with Crippen molar-refractivity contribution < 1.29 is 9.90 Å². The maximum Gasteiger partial charge on any atom is 0.251 e. The number of amides is 1. The maximum atomic E-state index is 12.3. The van der Waals surface area contributed by atoms with Crippen molar-refractivity contribution in [3.8, 4) is 5.75 Å². The summed E-state index contributed by atoms with van der Waals surface area (Å²) in [6.45, 7) is 0. The molecule has 0 radical (unpaired) electrons. The Labute approximate surface area is 118 Å². The molecule has 3 nitrogen and oxygen atoms in total. The van der Waals surface area contributed by atoms with Crippen LogP contribution in [0.5, 0.6) is 5.75 Å². The van der Waals surface area contributed by atoms with Crippen molar-refractivity contribution >= 4 is 5.91 Å². The summed E-state index contributed by atoms with van der Waals surface area (Å²) in [4.78, 5) is 12.3. The fraction of sp³-hybridized carbons (Fsp3) is 0.235. The first-order valence-electron chi connectivity index (χ1n) is 6.87. The summed E-state index contributed by atoms with van der Waals surface area (Å²) in [5.41, 5.74) is 1.51. The van der Waals surface area contributed by atoms with Crippen LogP contribution in [0.2, 0.25) is 0 Å². The van der Waals surface area contributed by atoms with Crippen LogP contribution in [0.4, 0.5) is 0 Å². The Morgan fingerprint density at radius 2 is 1.65 bits per heavy atom. The molecule has 1 aliphatic rings. The number of hydrogen-bond donors (Lipinski definition) is 2. The third kappa shape index (κ3) is 2.27. The zero-order valence-electron chi connectivity index (χ0n) is 11.2. The Balaban J connectivity index is 1.82. The summed E-state index contributed by atoms with van der Waals surface area (Å²) in [7, 11) is 0. The van der Waals surface area contributed by atoms with E-state index in [2.05, 4.69) is 17.4 Å². The SMILES string of the molecule is O=C(NC1(c2ccccc2)CCC1)c1ccc(O)cc1. The van der Waals surface area contributed by atoms with Gasteiger partial charge in [0.05, 0.1) is 5.54 Å². The van der Waals surface area contributed by atoms with Crippen molar-refractivity contribution in [3.05, 3.63) is 65.7 Å². The number of carbonyl (C=O) groups is 1. The molecule has 0 heterocycles. The number of aromatic hydroxyl groups is 1. The Bertz CT molecular complexity index is 601. The lowest BCUT2D eigenvalue weighted by Gasteiger charge is -2.43. The quantitative estimate of drug-likeness (QED) is 0.897. The predicted molar refractivity (Wildman–Crippen MR) is 77.5 cm³/mol. The van der Waals surface area contributed by atoms with Gasteiger partial charge >= 0.3 is 0 Å². The summed E-state index contributed by atoms with van der Waals surface area (Å²) in [5, 5.41) is 12.4. The molecule has 0 atom stereocenters. The van der Waals surface area contributed by atoms with Gasteiger partial charge in [0, 0.05) is 5.56 Å². The van der Waals surface area contributed by atoms with Crippen molar-refractivity contribution in [1.29, 1.82) is 0 Å². The van der Waals surface area contributed by atoms with Gasteiger partial charge in [-0.05, 0) is 49.1 Å². The van der Waals surface area contributed by atoms with E-state index in [1.54, 1.807) is 12.1 Å². The van der Waals surface area contributed by atoms with E-state index in [4.69, 9.17) is 0 Å². The second-order valence-electron chi connectivity index (χ2n) is 5.30. The minimum absolute atomic E-state index is 0.0893. The summed E-state index contributed by atoms with van der Waals surface area (Å²) >= 11 is 0. The molecule has 0 spiro atoms. The molecule has 2 aromatic carbocycles. The second kappa shape index (κ2) is 5.00. The lowest BCUT2D eigenvalue weighted by molar-refractivity contribution is 0.0823. The van der Waals surface area contributed by atoms with Crippen molar-refractivity contribution in [2.24, 2.45) is 0 Å². The van der Waals surface area contributed by atoms with Crippen LogP contribution in [0.3, 0.4) is 0 Å². The number of nitrogens with one attached hydrogen (secondary N) is 1. The van der Waals surface area contributed by atoms with E-state index < -0.39 is 0 Å². The average Bonchev–Trinajstić information content (AvgIpc) is 2.44. The van der Waals surface area contributed by atoms with E-state index >= 15 is 0 Å². The topological polar surface area (TPSA) is 49.3 Å². The molecule has 0 aromatic heterocycles. The van der Waals surface area contributed by atoms with Crippen LogP contribution in [0.25, 0.3) is 0 Å². The van der Waals surface area contributed by atoms with Crippen LogP contribution < -0.4 is 5.32 Å². The van der Waals surface area contributed by atoms with Crippen LogP contribution >= 0.6 is 0 Å². The van der Waals surface area contributed by atoms with Crippen molar-refractivity contribution in [1.82, 2.24) is 5.32 Å². The first kappa shape index (κ1) is 12.7. The van der Waals surface area contributed by atoms with E-state index in [-0.39, 0.29) is 17.2 Å². The minimum Gasteiger partial charge on any atom is -0.508 e. The Hall–Kier alpha value is -2.29. The lowest BCUT2D eigenvalue weighted by Crippen LogP contribution is -2.50. The molecule has 20 heavy (non-hydrogen) atoms. The number of phenols is 1. The fourth-order valence-corrected chi connectivity index (χ4v) is 2.68. The van der Waals surface area contributed by atoms with E-state index in [1.165, 1.54) is 17.7 Å². The molecular weight excluding hydrogens is 250 g/mol. The van der Waals surface area contributed by atoms with Crippen LogP contribution in [0.1, 0.15) is 35.2 Å². The highest BCUT2D eigenvalue weighted by atomic mass is 16.3. The molecule has 3 rings (SSSR count). The van der Waals surface area contributed by atoms with Crippen LogP contribution in [-0.4, -0.2) is 11.0 Å². The molecular formula is C17H17NO2. The molecule has 102 valence electrons. The normalized spacial score (nSPS) is 16.2. The largest absolute Gasteiger partial charge is 0.508 e. The minimum atomic E-state index is -0.226. The first-order chi connectivity index (χ1) is 9.70. The molecule has 2 aromatic rings. The van der Waals surface area contributed by atoms with Gasteiger partial charge in [0.2, 0.25) is 0 Å². The molecule has 0 aliphatic heterocycles. The van der Waals surface area contributed by atoms with E-state index in [0.29, 0.717) is 5.56 Å². The van der Waals surface area contributed by atoms with Crippen molar-refractivity contribution in [2.45, 2.75) is 24.8 Å². The summed E-state index contributed by atoms with van der Waals surface area (Å²) in [5.74, 6) is 0.0801. The molecule has 3 heteroatoms. The van der Waals surface area contributed by atoms with Crippen LogP contribution in [0.15, 0.2) is 54.6 Å². The van der Waals surface area contributed by atoms with Gasteiger partial charge in [0.1, 0.15) is 5.75 Å². The third-order valence-corrected chi connectivity index (χ3v) is 4.02. The summed E-state index contributed by atoms with van der Waals surface area (Å²) in [6, 6.07) is 16.5. The van der Waals surface area contributed by atoms with Crippen molar-refractivity contribution in [3.63, 3.8) is 0 Å². The van der Waals surface area contributed by atoms with Crippen molar-refractivity contribution in [2.75, 3.05) is 0 Å². The third-order valence-electron chi connectivity index (χ3n) is 4.02. The van der Waals surface area contributed by atoms with Gasteiger partial charge in [-0.2, -0.15) is 0 Å². The van der Waals surface area contributed by atoms with Gasteiger partial charge in [0.25, 0.3) is 5.91 Å². The highest BCUT2D eigenvalue weighted by molar-refractivity contribution is 5.95. The number of phenolic OH excluding ortho intramolecular Hbond substituents is 1. The number of hydrogen-bond acceptors (Lipinski definition) is 2. The highest BCUT2D eigenvalue weighted by Crippen LogP contribution is 2.41. The molecule has 1 fully saturated rings. The molecule has 2 N–H and O–H groups in total. The highest BCUT2D eigenvalue weighted by Gasteiger charge is 2.39. The summed E-state index contributed by atoms with van der Waals surface area (Å²) in [6.07, 6.45) is 3.08. The molecule has 1 aliphatic carbocycles. The monoisotopic (exact) mass is 267 g/mol. The van der Waals surface area contributed by atoms with Gasteiger partial charge < -0.3 is 10.4 Å². The van der Waals surface area contributed by atoms with E-state index in [0.717, 1.165) is 19.3 Å². The molecule has 1 saturated carbocycles. The van der Waals surface area contributed by atoms with Gasteiger partial charge in [-0.15, -0.1) is 0 Å². The lowest BCUT2D eigenvalue weighted by atomic mass is 9.71. The van der Waals surface area contributed by atoms with Gasteiger partial charge in [-0.25, -0.2) is 0 Å². The van der Waals surface area contributed by atoms with E-state index in [1.807, 2.05) is 18.2 Å². The van der Waals surface area contributed by atoms with Gasteiger partial charge in [-0.1, -0.05) is 30.3 Å². The molecule has 0 unspecified atom stereocenters. The second-order valence-corrected chi connectivity index (χ2v) is 5.30. The molecule has 1 amide bonds. The zero-order chi connectivity index (χ0) is 14.0. The maximum absolute atomic E-state index is 12.3. The molecule has 0 saturated heterocycles. The smallest absolute Gasteiger partial charge is 0.251 e. The standard InChI is InChI=1S/C17H17NO2/c19-15-9-7-13(8-10-15)16(20)18-17(11-4-12-17)14-5-2-1-3-6-14/h1-3,5-10,19H,4,11-12H2,(H,18,20). The Morgan fingerprint density at radius 3 is 2.20 bits per heavy atom. The predicted octanol–water partition coefficient (Wildman–Crippen LogP) is 3.20. The number of benzene rings is 2. The first-order valence-corrected chi connectivity index (χ1v) is 6.87. The van der Waals surface area contributed by atoms with Crippen LogP contribution in [-0.2, 0) is 5.54 Å². The Morgan fingerprint density at radius 1 is 1.00 bits per heavy atom. The fourth-order valence-electron chi connectivity index (χ4n) is 2.68. The summed E-state index contributed by atoms with van der Waals surface area (Å²) < 4.78 is 0. The van der Waals surface area contributed by atoms with Crippen LogP contribution in [0, 0.1) is 0 Å². The Kier molecular flexibility index (Phi) is 3.18. The average molecular weight is 267 g/mol. The van der Waals surface area contributed by atoms with Gasteiger partial charge in [-0.3, -0.25) is 4.79 Å². The molecule has 0 bridgehead atoms. The number of carbonyl (C=O) groups excluding carboxylic acids is 1. The number of rotatable bonds is 3. The van der Waals surface area contributed by atoms with Gasteiger partial charge in [0.15, 0.2) is 0 Å². The zero-order valence-corrected chi connectivity index (χ0v) is 11.2.